The summed E-state index contributed by atoms with van der Waals surface area (Å²) in [6.45, 7) is 8.25. The van der Waals surface area contributed by atoms with Gasteiger partial charge in [0.15, 0.2) is 5.69 Å². The maximum Gasteiger partial charge on any atom is 0.196 e. The van der Waals surface area contributed by atoms with Crippen LogP contribution in [0.5, 0.6) is 0 Å². The maximum atomic E-state index is 10.5. The van der Waals surface area contributed by atoms with Crippen molar-refractivity contribution in [2.45, 2.75) is 0 Å². The number of nitriles is 3. The highest BCUT2D eigenvalue weighted by atomic mass is 14.6. The molecule has 2 aliphatic rings. The molecule has 0 saturated carbocycles. The van der Waals surface area contributed by atoms with Gasteiger partial charge in [-0.2, -0.15) is 15.8 Å². The number of benzene rings is 10. The first kappa shape index (κ1) is 31.8. The third-order valence-corrected chi connectivity index (χ3v) is 12.4. The molecule has 10 aromatic rings. The van der Waals surface area contributed by atoms with E-state index >= 15 is 0 Å². The lowest BCUT2D eigenvalue weighted by Gasteiger charge is -2.20. The quantitative estimate of drug-likeness (QED) is 0.131. The molecule has 0 amide bonds. The Kier molecular flexibility index (Phi) is 6.30. The zero-order valence-electron chi connectivity index (χ0n) is 30.6. The molecule has 0 unspecified atom stereocenters. The predicted molar refractivity (Wildman–Crippen MR) is 234 cm³/mol. The summed E-state index contributed by atoms with van der Waals surface area (Å²) in [5, 5.41) is 41.2. The summed E-state index contributed by atoms with van der Waals surface area (Å²) < 4.78 is 0. The van der Waals surface area contributed by atoms with Crippen LogP contribution in [0.4, 0.5) is 5.69 Å². The second kappa shape index (κ2) is 11.5. The van der Waals surface area contributed by atoms with E-state index in [1.165, 1.54) is 16.2 Å². The monoisotopic (exact) mass is 728 g/mol. The van der Waals surface area contributed by atoms with E-state index in [9.17, 15) is 15.8 Å². The molecule has 0 aromatic heterocycles. The molecule has 58 heavy (non-hydrogen) atoms. The summed E-state index contributed by atoms with van der Waals surface area (Å²) in [5.41, 5.74) is 14.4. The number of hydrogen-bond acceptors (Lipinski definition) is 3. The molecule has 0 atom stereocenters. The van der Waals surface area contributed by atoms with Crippen LogP contribution < -0.4 is 0 Å². The average molecular weight is 729 g/mol. The van der Waals surface area contributed by atoms with Crippen LogP contribution in [0, 0.1) is 40.6 Å². The number of hydrogen-bond donors (Lipinski definition) is 0. The molecule has 0 N–H and O–H groups in total. The van der Waals surface area contributed by atoms with Crippen molar-refractivity contribution in [1.82, 2.24) is 0 Å². The average Bonchev–Trinajstić information content (AvgIpc) is 3.78. The van der Waals surface area contributed by atoms with Crippen LogP contribution in [0.15, 0.2) is 146 Å². The van der Waals surface area contributed by atoms with Crippen molar-refractivity contribution in [3.63, 3.8) is 0 Å². The second-order valence-corrected chi connectivity index (χ2v) is 15.1. The molecular formula is C54H24N4. The number of rotatable bonds is 2. The topological polar surface area (TPSA) is 75.7 Å². The lowest BCUT2D eigenvalue weighted by atomic mass is 9.83. The van der Waals surface area contributed by atoms with Gasteiger partial charge >= 0.3 is 0 Å². The van der Waals surface area contributed by atoms with Crippen LogP contribution in [0.25, 0.3) is 125 Å². The Balaban J connectivity index is 1.25. The van der Waals surface area contributed by atoms with E-state index < -0.39 is 0 Å². The summed E-state index contributed by atoms with van der Waals surface area (Å²) in [5.74, 6) is 0. The minimum Gasteiger partial charge on any atom is -0.237 e. The summed E-state index contributed by atoms with van der Waals surface area (Å²) in [4.78, 5) is 3.98. The fraction of sp³-hybridized carbons (Fsp3) is 0. The fourth-order valence-corrected chi connectivity index (χ4v) is 10.1. The molecule has 2 aliphatic carbocycles. The minimum absolute atomic E-state index is 0.445. The van der Waals surface area contributed by atoms with Crippen LogP contribution in [-0.2, 0) is 0 Å². The molecule has 0 spiro atoms. The van der Waals surface area contributed by atoms with Gasteiger partial charge in [-0.25, -0.2) is 4.85 Å². The Morgan fingerprint density at radius 3 is 1.33 bits per heavy atom. The number of nitrogens with zero attached hydrogens (tertiary/aromatic N) is 4. The lowest BCUT2D eigenvalue weighted by Crippen LogP contribution is -1.94. The Morgan fingerprint density at radius 2 is 0.828 bits per heavy atom. The normalized spacial score (nSPS) is 11.7. The van der Waals surface area contributed by atoms with Gasteiger partial charge in [-0.15, -0.1) is 0 Å². The van der Waals surface area contributed by atoms with Gasteiger partial charge in [0.05, 0.1) is 35.9 Å². The molecule has 0 heterocycles. The highest BCUT2D eigenvalue weighted by Crippen LogP contribution is 2.57. The molecule has 4 nitrogen and oxygen atoms in total. The van der Waals surface area contributed by atoms with Gasteiger partial charge in [0.2, 0.25) is 0 Å². The highest BCUT2D eigenvalue weighted by Gasteiger charge is 2.30. The Bertz CT molecular complexity index is 3520. The van der Waals surface area contributed by atoms with E-state index in [1.807, 2.05) is 18.2 Å². The molecule has 0 saturated heterocycles. The Morgan fingerprint density at radius 1 is 0.362 bits per heavy atom. The van der Waals surface area contributed by atoms with Crippen LogP contribution in [0.2, 0.25) is 0 Å². The van der Waals surface area contributed by atoms with Crippen LogP contribution in [0.1, 0.15) is 16.7 Å². The zero-order chi connectivity index (χ0) is 38.8. The van der Waals surface area contributed by atoms with Crippen molar-refractivity contribution in [2.24, 2.45) is 0 Å². The van der Waals surface area contributed by atoms with E-state index in [1.54, 1.807) is 18.2 Å². The molecule has 4 heteroatoms. The van der Waals surface area contributed by atoms with Crippen LogP contribution in [-0.4, -0.2) is 0 Å². The molecule has 0 radical (unpaired) electrons. The molecule has 12 rings (SSSR count). The third-order valence-electron chi connectivity index (χ3n) is 12.4. The first-order valence-corrected chi connectivity index (χ1v) is 19.0. The largest absolute Gasteiger partial charge is 0.237 e. The first-order chi connectivity index (χ1) is 28.6. The van der Waals surface area contributed by atoms with E-state index in [-0.39, 0.29) is 0 Å². The van der Waals surface area contributed by atoms with Gasteiger partial charge in [-0.05, 0) is 151 Å². The molecule has 0 fully saturated rings. The lowest BCUT2D eigenvalue weighted by molar-refractivity contribution is 1.45. The fourth-order valence-electron chi connectivity index (χ4n) is 10.1. The predicted octanol–water partition coefficient (Wildman–Crippen LogP) is 14.2. The van der Waals surface area contributed by atoms with Gasteiger partial charge in [-0.3, -0.25) is 0 Å². The first-order valence-electron chi connectivity index (χ1n) is 19.0. The summed E-state index contributed by atoms with van der Waals surface area (Å²) in [7, 11) is 0. The maximum absolute atomic E-state index is 10.5. The molecular weight excluding hydrogens is 705 g/mol. The van der Waals surface area contributed by atoms with E-state index in [4.69, 9.17) is 6.57 Å². The summed E-state index contributed by atoms with van der Waals surface area (Å²) in [6.07, 6.45) is 0. The third kappa shape index (κ3) is 4.03. The van der Waals surface area contributed by atoms with Crippen molar-refractivity contribution < 1.29 is 0 Å². The minimum atomic E-state index is 0.445. The highest BCUT2D eigenvalue weighted by molar-refractivity contribution is 6.30. The Hall–Kier alpha value is -8.54. The number of fused-ring (bicyclic) bond motifs is 11. The second-order valence-electron chi connectivity index (χ2n) is 15.1. The van der Waals surface area contributed by atoms with Crippen molar-refractivity contribution >= 4 is 59.5 Å². The van der Waals surface area contributed by atoms with Gasteiger partial charge < -0.3 is 0 Å². The SMILES string of the molecule is [C-]#[N+]c1cc(C#N)ccc1-c1c2c(cc3c1ccc1c4cc5c(c(-c6ccc(C#N)cc6C#N)c4ccc31)-c1cccc3cccc-5c13)-c1cccc3cccc-2c13. The van der Waals surface area contributed by atoms with E-state index in [0.29, 0.717) is 22.4 Å². The van der Waals surface area contributed by atoms with E-state index in [0.717, 1.165) is 104 Å². The van der Waals surface area contributed by atoms with Crippen LogP contribution in [0.3, 0.4) is 0 Å². The zero-order valence-corrected chi connectivity index (χ0v) is 30.6. The molecule has 10 aromatic carbocycles. The van der Waals surface area contributed by atoms with E-state index in [2.05, 4.69) is 132 Å². The molecule has 260 valence electrons. The van der Waals surface area contributed by atoms with Gasteiger partial charge in [0.25, 0.3) is 0 Å². The van der Waals surface area contributed by atoms with Gasteiger partial charge in [0.1, 0.15) is 0 Å². The molecule has 0 aliphatic heterocycles. The molecule has 0 bridgehead atoms. The Labute approximate surface area is 332 Å². The van der Waals surface area contributed by atoms with Crippen molar-refractivity contribution in [1.29, 1.82) is 15.8 Å². The van der Waals surface area contributed by atoms with Crippen molar-refractivity contribution in [3.8, 4) is 85.0 Å². The summed E-state index contributed by atoms with van der Waals surface area (Å²) >= 11 is 0. The van der Waals surface area contributed by atoms with Crippen molar-refractivity contribution in [3.05, 3.63) is 174 Å². The standard InChI is InChI=1S/C54H24N4/c1-58-48-23-30(27-56)15-17-41(48)52-40-21-19-35-36(45(40)25-47-38-11-3-7-32-9-5-13-43(50(32)38)54(47)52)18-20-39-44(35)24-46-37-10-2-6-31-8-4-12-42(49(31)37)53(46)51(39)34-16-14-29(26-55)22-33(34)28-57/h2-25H. The van der Waals surface area contributed by atoms with Gasteiger partial charge in [-0.1, -0.05) is 109 Å². The van der Waals surface area contributed by atoms with Crippen LogP contribution >= 0.6 is 0 Å². The smallest absolute Gasteiger partial charge is 0.196 e. The van der Waals surface area contributed by atoms with Crippen molar-refractivity contribution in [2.75, 3.05) is 0 Å². The van der Waals surface area contributed by atoms with Gasteiger partial charge in [0, 0.05) is 11.1 Å². The summed E-state index contributed by atoms with van der Waals surface area (Å²) in [6, 6.07) is 57.0.